The van der Waals surface area contributed by atoms with E-state index in [9.17, 15) is 0 Å². The van der Waals surface area contributed by atoms with Gasteiger partial charge in [0, 0.05) is 22.1 Å². The molecule has 0 unspecified atom stereocenters. The molecule has 0 spiro atoms. The van der Waals surface area contributed by atoms with E-state index < -0.39 is 0 Å². The Bertz CT molecular complexity index is 3170. The van der Waals surface area contributed by atoms with Crippen LogP contribution in [0.2, 0.25) is 0 Å². The minimum absolute atomic E-state index is 0.901. The molecule has 0 saturated carbocycles. The number of fused-ring (bicyclic) bond motifs is 9. The summed E-state index contributed by atoms with van der Waals surface area (Å²) >= 11 is 0. The van der Waals surface area contributed by atoms with Crippen molar-refractivity contribution in [3.8, 4) is 44.5 Å². The minimum atomic E-state index is 0.901. The number of furan rings is 1. The van der Waals surface area contributed by atoms with Crippen LogP contribution in [0.15, 0.2) is 174 Å². The molecule has 55 heavy (non-hydrogen) atoms. The number of hydrogen-bond acceptors (Lipinski definition) is 2. The number of para-hydroxylation sites is 1. The van der Waals surface area contributed by atoms with E-state index in [1.54, 1.807) is 0 Å². The molecule has 1 aliphatic carbocycles. The fraction of sp³-hybridized carbons (Fsp3) is 0.0566. The van der Waals surface area contributed by atoms with Gasteiger partial charge in [-0.05, 0) is 140 Å². The lowest BCUT2D eigenvalue weighted by molar-refractivity contribution is 0.668. The summed E-state index contributed by atoms with van der Waals surface area (Å²) in [6.45, 7) is 6.57. The molecular formula is C53H37NO. The number of aryl methyl sites for hydroxylation is 3. The maximum atomic E-state index is 6.73. The Balaban J connectivity index is 1.17. The number of hydrogen-bond donors (Lipinski definition) is 0. The van der Waals surface area contributed by atoms with Crippen molar-refractivity contribution in [3.05, 3.63) is 187 Å². The summed E-state index contributed by atoms with van der Waals surface area (Å²) in [5.41, 5.74) is 19.1. The molecule has 0 bridgehead atoms. The van der Waals surface area contributed by atoms with Crippen molar-refractivity contribution in [2.75, 3.05) is 4.90 Å². The zero-order valence-corrected chi connectivity index (χ0v) is 31.0. The van der Waals surface area contributed by atoms with E-state index in [2.05, 4.69) is 189 Å². The Morgan fingerprint density at radius 3 is 1.67 bits per heavy atom. The highest BCUT2D eigenvalue weighted by molar-refractivity contribution is 6.26. The predicted octanol–water partition coefficient (Wildman–Crippen LogP) is 15.3. The molecule has 0 aliphatic heterocycles. The summed E-state index contributed by atoms with van der Waals surface area (Å²) in [6, 6.07) is 62.1. The number of rotatable bonds is 5. The van der Waals surface area contributed by atoms with Crippen molar-refractivity contribution in [1.29, 1.82) is 0 Å². The summed E-state index contributed by atoms with van der Waals surface area (Å²) in [5.74, 6) is 0. The monoisotopic (exact) mass is 703 g/mol. The first kappa shape index (κ1) is 31.6. The van der Waals surface area contributed by atoms with Crippen molar-refractivity contribution < 1.29 is 4.42 Å². The van der Waals surface area contributed by atoms with Crippen molar-refractivity contribution in [1.82, 2.24) is 0 Å². The SMILES string of the molecule is Cc1ccc(C)c(N(c2ccc3cc4c(cc3c2)-c2c-4c(-c3ccccc3)c3ccccc3c2-c2ccccc2)c2c(C)ccc3c2oc2ccccc23)c1. The first-order valence-corrected chi connectivity index (χ1v) is 19.1. The van der Waals surface area contributed by atoms with Gasteiger partial charge in [-0.3, -0.25) is 0 Å². The molecule has 1 aliphatic rings. The van der Waals surface area contributed by atoms with Gasteiger partial charge in [0.25, 0.3) is 0 Å². The number of anilines is 3. The maximum Gasteiger partial charge on any atom is 0.159 e. The molecule has 1 aromatic heterocycles. The molecule has 260 valence electrons. The van der Waals surface area contributed by atoms with E-state index in [1.807, 2.05) is 6.07 Å². The summed E-state index contributed by atoms with van der Waals surface area (Å²) in [7, 11) is 0. The number of benzene rings is 9. The van der Waals surface area contributed by atoms with Crippen LogP contribution in [-0.2, 0) is 0 Å². The highest BCUT2D eigenvalue weighted by Crippen LogP contribution is 2.60. The van der Waals surface area contributed by atoms with Gasteiger partial charge in [-0.1, -0.05) is 133 Å². The lowest BCUT2D eigenvalue weighted by Gasteiger charge is -2.33. The van der Waals surface area contributed by atoms with E-state index in [0.29, 0.717) is 0 Å². The third-order valence-corrected chi connectivity index (χ3v) is 11.6. The standard InChI is InChI=1S/C53H37NO/c1-32-22-23-33(2)46(28-32)54(52-34(3)24-27-43-40-18-12-13-21-47(40)55-53(43)52)39-26-25-37-30-44-45(31-38(37)29-39)51-49(36-16-8-5-9-17-36)42-20-11-10-19-41(42)48(50(44)51)35-14-6-4-7-15-35/h4-31H,1-3H3. The first-order chi connectivity index (χ1) is 27.0. The van der Waals surface area contributed by atoms with Crippen molar-refractivity contribution in [2.24, 2.45) is 0 Å². The zero-order valence-electron chi connectivity index (χ0n) is 31.0. The Morgan fingerprint density at radius 1 is 0.418 bits per heavy atom. The molecule has 10 aromatic rings. The summed E-state index contributed by atoms with van der Waals surface area (Å²) in [6.07, 6.45) is 0. The lowest BCUT2D eigenvalue weighted by Crippen LogP contribution is -2.13. The highest BCUT2D eigenvalue weighted by atomic mass is 16.3. The van der Waals surface area contributed by atoms with Gasteiger partial charge >= 0.3 is 0 Å². The fourth-order valence-corrected chi connectivity index (χ4v) is 9.06. The largest absolute Gasteiger partial charge is 0.454 e. The Labute approximate surface area is 320 Å². The second kappa shape index (κ2) is 12.1. The van der Waals surface area contributed by atoms with Crippen molar-refractivity contribution in [2.45, 2.75) is 20.8 Å². The second-order valence-corrected chi connectivity index (χ2v) is 15.0. The molecule has 0 atom stereocenters. The summed E-state index contributed by atoms with van der Waals surface area (Å²) in [4.78, 5) is 2.42. The Hall–Kier alpha value is -6.90. The lowest BCUT2D eigenvalue weighted by atomic mass is 9.70. The van der Waals surface area contributed by atoms with Gasteiger partial charge in [-0.2, -0.15) is 0 Å². The first-order valence-electron chi connectivity index (χ1n) is 19.1. The predicted molar refractivity (Wildman–Crippen MR) is 233 cm³/mol. The average molecular weight is 704 g/mol. The molecule has 0 fully saturated rings. The topological polar surface area (TPSA) is 16.4 Å². The van der Waals surface area contributed by atoms with Crippen LogP contribution in [-0.4, -0.2) is 0 Å². The molecule has 1 heterocycles. The van der Waals surface area contributed by atoms with Crippen LogP contribution in [0.5, 0.6) is 0 Å². The molecule has 0 saturated heterocycles. The van der Waals surface area contributed by atoms with E-state index in [0.717, 1.165) is 44.6 Å². The van der Waals surface area contributed by atoms with Gasteiger partial charge in [-0.15, -0.1) is 0 Å². The van der Waals surface area contributed by atoms with Crippen molar-refractivity contribution >= 4 is 60.5 Å². The molecular weight excluding hydrogens is 667 g/mol. The number of nitrogens with zero attached hydrogens (tertiary/aromatic N) is 1. The van der Waals surface area contributed by atoms with Crippen molar-refractivity contribution in [3.63, 3.8) is 0 Å². The average Bonchev–Trinajstić information content (AvgIpc) is 3.60. The van der Waals surface area contributed by atoms with Crippen LogP contribution in [0, 0.1) is 20.8 Å². The van der Waals surface area contributed by atoms with E-state index in [-0.39, 0.29) is 0 Å². The maximum absolute atomic E-state index is 6.73. The molecule has 2 heteroatoms. The Kier molecular flexibility index (Phi) is 6.93. The van der Waals surface area contributed by atoms with Crippen LogP contribution in [0.3, 0.4) is 0 Å². The van der Waals surface area contributed by atoms with Crippen LogP contribution in [0.1, 0.15) is 16.7 Å². The van der Waals surface area contributed by atoms with Crippen LogP contribution >= 0.6 is 0 Å². The second-order valence-electron chi connectivity index (χ2n) is 15.0. The third kappa shape index (κ3) is 4.74. The minimum Gasteiger partial charge on any atom is -0.454 e. The molecule has 0 amide bonds. The van der Waals surface area contributed by atoms with Gasteiger partial charge in [0.1, 0.15) is 5.58 Å². The zero-order chi connectivity index (χ0) is 36.8. The molecule has 0 radical (unpaired) electrons. The van der Waals surface area contributed by atoms with Crippen LogP contribution < -0.4 is 4.90 Å². The van der Waals surface area contributed by atoms with E-state index >= 15 is 0 Å². The highest BCUT2D eigenvalue weighted by Gasteiger charge is 2.33. The fourth-order valence-electron chi connectivity index (χ4n) is 9.06. The Morgan fingerprint density at radius 2 is 1.00 bits per heavy atom. The molecule has 0 N–H and O–H groups in total. The molecule has 9 aromatic carbocycles. The van der Waals surface area contributed by atoms with Gasteiger partial charge in [-0.25, -0.2) is 0 Å². The summed E-state index contributed by atoms with van der Waals surface area (Å²) in [5, 5.41) is 7.25. The van der Waals surface area contributed by atoms with Crippen LogP contribution in [0.25, 0.3) is 88.0 Å². The third-order valence-electron chi connectivity index (χ3n) is 11.6. The van der Waals surface area contributed by atoms with E-state index in [1.165, 1.54) is 77.2 Å². The van der Waals surface area contributed by atoms with Gasteiger partial charge in [0.05, 0.1) is 5.69 Å². The van der Waals surface area contributed by atoms with Gasteiger partial charge < -0.3 is 9.32 Å². The van der Waals surface area contributed by atoms with E-state index in [4.69, 9.17) is 4.42 Å². The van der Waals surface area contributed by atoms with Crippen LogP contribution in [0.4, 0.5) is 17.1 Å². The van der Waals surface area contributed by atoms with Gasteiger partial charge in [0.15, 0.2) is 5.58 Å². The summed E-state index contributed by atoms with van der Waals surface area (Å²) < 4.78 is 6.73. The quantitative estimate of drug-likeness (QED) is 0.177. The normalized spacial score (nSPS) is 11.9. The molecule has 11 rings (SSSR count). The van der Waals surface area contributed by atoms with Gasteiger partial charge in [0.2, 0.25) is 0 Å². The smallest absolute Gasteiger partial charge is 0.159 e. The molecule has 2 nitrogen and oxygen atoms in total.